The van der Waals surface area contributed by atoms with Crippen molar-refractivity contribution in [3.63, 3.8) is 0 Å². The lowest BCUT2D eigenvalue weighted by Gasteiger charge is -2.29. The summed E-state index contributed by atoms with van der Waals surface area (Å²) in [5.41, 5.74) is 2.57. The summed E-state index contributed by atoms with van der Waals surface area (Å²) in [6.07, 6.45) is 5.28. The molecule has 1 aromatic rings. The van der Waals surface area contributed by atoms with Crippen molar-refractivity contribution in [1.82, 2.24) is 4.90 Å². The monoisotopic (exact) mass is 318 g/mol. The minimum absolute atomic E-state index is 0.193. The number of hydrogen-bond donors (Lipinski definition) is 0. The summed E-state index contributed by atoms with van der Waals surface area (Å²) in [7, 11) is 0. The van der Waals surface area contributed by atoms with Crippen LogP contribution in [0.25, 0.3) is 5.57 Å². The fraction of sp³-hybridized carbons (Fsp3) is 0.375. The summed E-state index contributed by atoms with van der Waals surface area (Å²) < 4.78 is 0. The number of Topliss-reactive ketones (excluding diaryl/α,β-unsaturated/α-hetero) is 1. The van der Waals surface area contributed by atoms with Crippen molar-refractivity contribution in [2.24, 2.45) is 0 Å². The smallest absolute Gasteiger partial charge is 0.207 e. The molecule has 1 fully saturated rings. The van der Waals surface area contributed by atoms with Gasteiger partial charge in [0.15, 0.2) is 0 Å². The Morgan fingerprint density at radius 3 is 2.62 bits per heavy atom. The number of halogens is 1. The molecule has 0 amide bonds. The highest BCUT2D eigenvalue weighted by molar-refractivity contribution is 7.12. The normalized spacial score (nSPS) is 19.0. The second-order valence-electron chi connectivity index (χ2n) is 5.37. The molecule has 3 nitrogen and oxygen atoms in total. The summed E-state index contributed by atoms with van der Waals surface area (Å²) >= 11 is 7.74. The van der Waals surface area contributed by atoms with E-state index in [0.29, 0.717) is 10.6 Å². The van der Waals surface area contributed by atoms with Gasteiger partial charge in [0.2, 0.25) is 5.78 Å². The van der Waals surface area contributed by atoms with Gasteiger partial charge in [0.05, 0.1) is 15.6 Å². The zero-order valence-electron chi connectivity index (χ0n) is 11.8. The Hall–Kier alpha value is -1.57. The van der Waals surface area contributed by atoms with Crippen molar-refractivity contribution in [2.45, 2.75) is 26.2 Å². The maximum atomic E-state index is 12.5. The van der Waals surface area contributed by atoms with Gasteiger partial charge in [-0.25, -0.2) is 0 Å². The van der Waals surface area contributed by atoms with Gasteiger partial charge in [0.1, 0.15) is 11.6 Å². The van der Waals surface area contributed by atoms with E-state index in [-0.39, 0.29) is 11.4 Å². The lowest BCUT2D eigenvalue weighted by molar-refractivity contribution is -0.110. The highest BCUT2D eigenvalue weighted by Crippen LogP contribution is 2.39. The Bertz CT molecular complexity index is 702. The minimum Gasteiger partial charge on any atom is -0.370 e. The highest BCUT2D eigenvalue weighted by atomic mass is 35.5. The molecule has 3 rings (SSSR count). The molecule has 0 radical (unpaired) electrons. The maximum absolute atomic E-state index is 12.5. The van der Waals surface area contributed by atoms with Gasteiger partial charge in [-0.3, -0.25) is 4.79 Å². The molecule has 0 unspecified atom stereocenters. The molecular formula is C16H15ClN2OS. The van der Waals surface area contributed by atoms with E-state index in [1.54, 1.807) is 0 Å². The number of hydrogen-bond acceptors (Lipinski definition) is 4. The first-order valence-electron chi connectivity index (χ1n) is 7.03. The average molecular weight is 319 g/mol. The molecule has 0 aromatic carbocycles. The molecule has 1 aromatic heterocycles. The van der Waals surface area contributed by atoms with Crippen molar-refractivity contribution in [3.05, 3.63) is 38.2 Å². The number of carbonyl (C=O) groups is 1. The first-order chi connectivity index (χ1) is 10.1. The van der Waals surface area contributed by atoms with Gasteiger partial charge >= 0.3 is 0 Å². The molecule has 1 aliphatic carbocycles. The van der Waals surface area contributed by atoms with Crippen LogP contribution in [0.15, 0.2) is 22.7 Å². The number of nitrogens with zero attached hydrogens (tertiary/aromatic N) is 2. The lowest BCUT2D eigenvalue weighted by Crippen LogP contribution is -2.28. The van der Waals surface area contributed by atoms with E-state index in [1.165, 1.54) is 17.8 Å². The van der Waals surface area contributed by atoms with E-state index >= 15 is 0 Å². The van der Waals surface area contributed by atoms with Gasteiger partial charge in [-0.2, -0.15) is 5.26 Å². The fourth-order valence-corrected chi connectivity index (χ4v) is 4.11. The molecule has 2 aliphatic rings. The van der Waals surface area contributed by atoms with Crippen LogP contribution in [0.3, 0.4) is 0 Å². The van der Waals surface area contributed by atoms with Crippen LogP contribution in [0.4, 0.5) is 0 Å². The number of ketones is 1. The van der Waals surface area contributed by atoms with Crippen LogP contribution < -0.4 is 0 Å². The average Bonchev–Trinajstić information content (AvgIpc) is 3.01. The molecule has 0 atom stereocenters. The third-order valence-corrected chi connectivity index (χ3v) is 5.69. The summed E-state index contributed by atoms with van der Waals surface area (Å²) in [5, 5.41) is 11.9. The molecule has 0 bridgehead atoms. The zero-order chi connectivity index (χ0) is 15.0. The molecule has 21 heavy (non-hydrogen) atoms. The summed E-state index contributed by atoms with van der Waals surface area (Å²) in [6, 6.07) is 2.08. The van der Waals surface area contributed by atoms with E-state index in [2.05, 4.69) is 11.0 Å². The standard InChI is InChI=1S/C16H15ClN2OS/c1-10-9-21-16(14(10)17)11-7-13(12(8-18)15(11)20)19-5-3-2-4-6-19/h7,9H,2-6H2,1H3. The van der Waals surface area contributed by atoms with Crippen molar-refractivity contribution in [1.29, 1.82) is 5.26 Å². The second-order valence-corrected chi connectivity index (χ2v) is 6.63. The van der Waals surface area contributed by atoms with Crippen LogP contribution in [-0.4, -0.2) is 23.8 Å². The molecule has 0 N–H and O–H groups in total. The predicted molar refractivity (Wildman–Crippen MR) is 85.1 cm³/mol. The summed E-state index contributed by atoms with van der Waals surface area (Å²) in [6.45, 7) is 3.75. The number of nitriles is 1. The molecule has 108 valence electrons. The SMILES string of the molecule is Cc1csc(C2=CC(N3CCCCC3)=C(C#N)C2=O)c1Cl. The van der Waals surface area contributed by atoms with Crippen molar-refractivity contribution < 1.29 is 4.79 Å². The molecule has 0 saturated carbocycles. The van der Waals surface area contributed by atoms with Crippen molar-refractivity contribution in [3.8, 4) is 6.07 Å². The van der Waals surface area contributed by atoms with Gasteiger partial charge < -0.3 is 4.90 Å². The van der Waals surface area contributed by atoms with Gasteiger partial charge in [-0.05, 0) is 43.2 Å². The Morgan fingerprint density at radius 2 is 2.05 bits per heavy atom. The molecule has 0 spiro atoms. The zero-order valence-corrected chi connectivity index (χ0v) is 13.4. The molecule has 2 heterocycles. The van der Waals surface area contributed by atoms with E-state index in [0.717, 1.165) is 42.1 Å². The van der Waals surface area contributed by atoms with Crippen molar-refractivity contribution >= 4 is 34.3 Å². The van der Waals surface area contributed by atoms with Crippen LogP contribution in [0, 0.1) is 18.3 Å². The number of rotatable bonds is 2. The number of piperidine rings is 1. The molecule has 5 heteroatoms. The Labute approximate surface area is 133 Å². The maximum Gasteiger partial charge on any atom is 0.207 e. The number of likely N-dealkylation sites (tertiary alicyclic amines) is 1. The van der Waals surface area contributed by atoms with Gasteiger partial charge in [0, 0.05) is 18.7 Å². The van der Waals surface area contributed by atoms with Gasteiger partial charge in [-0.1, -0.05) is 11.6 Å². The van der Waals surface area contributed by atoms with E-state index < -0.39 is 0 Å². The van der Waals surface area contributed by atoms with Crippen LogP contribution in [0.1, 0.15) is 29.7 Å². The lowest BCUT2D eigenvalue weighted by atomic mass is 10.1. The van der Waals surface area contributed by atoms with Crippen LogP contribution >= 0.6 is 22.9 Å². The molecular weight excluding hydrogens is 304 g/mol. The largest absolute Gasteiger partial charge is 0.370 e. The fourth-order valence-electron chi connectivity index (χ4n) is 2.80. The second kappa shape index (κ2) is 5.67. The van der Waals surface area contributed by atoms with Crippen LogP contribution in [0.2, 0.25) is 5.02 Å². The molecule has 1 aliphatic heterocycles. The number of carbonyl (C=O) groups excluding carboxylic acids is 1. The quantitative estimate of drug-likeness (QED) is 0.829. The van der Waals surface area contributed by atoms with Gasteiger partial charge in [0.25, 0.3) is 0 Å². The first kappa shape index (κ1) is 14.4. The predicted octanol–water partition coefficient (Wildman–Crippen LogP) is 3.94. The number of allylic oxidation sites excluding steroid dienone is 3. The molecule has 1 saturated heterocycles. The summed E-state index contributed by atoms with van der Waals surface area (Å²) in [5.74, 6) is -0.193. The third-order valence-electron chi connectivity index (χ3n) is 3.96. The van der Waals surface area contributed by atoms with Crippen LogP contribution in [0.5, 0.6) is 0 Å². The Morgan fingerprint density at radius 1 is 1.33 bits per heavy atom. The number of aryl methyl sites for hydroxylation is 1. The van der Waals surface area contributed by atoms with Gasteiger partial charge in [-0.15, -0.1) is 11.3 Å². The number of thiophene rings is 1. The van der Waals surface area contributed by atoms with Crippen molar-refractivity contribution in [2.75, 3.05) is 13.1 Å². The van der Waals surface area contributed by atoms with E-state index in [4.69, 9.17) is 11.6 Å². The highest BCUT2D eigenvalue weighted by Gasteiger charge is 2.31. The first-order valence-corrected chi connectivity index (χ1v) is 8.29. The van der Waals surface area contributed by atoms with E-state index in [9.17, 15) is 10.1 Å². The van der Waals surface area contributed by atoms with Crippen LogP contribution in [-0.2, 0) is 4.79 Å². The topological polar surface area (TPSA) is 44.1 Å². The van der Waals surface area contributed by atoms with E-state index in [1.807, 2.05) is 18.4 Å². The minimum atomic E-state index is -0.193. The Balaban J connectivity index is 2.01. The third kappa shape index (κ3) is 2.41. The summed E-state index contributed by atoms with van der Waals surface area (Å²) in [4.78, 5) is 15.5. The Kier molecular flexibility index (Phi) is 3.88.